The molecule has 0 aromatic heterocycles. The van der Waals surface area contributed by atoms with Crippen LogP contribution < -0.4 is 24.8 Å². The van der Waals surface area contributed by atoms with Crippen LogP contribution in [0.4, 0.5) is 5.69 Å². The molecule has 0 saturated carbocycles. The molecule has 2 aliphatic rings. The van der Waals surface area contributed by atoms with Gasteiger partial charge < -0.3 is 34.7 Å². The predicted molar refractivity (Wildman–Crippen MR) is 105 cm³/mol. The summed E-state index contributed by atoms with van der Waals surface area (Å²) in [6.45, 7) is 3.25. The standard InChI is InChI=1S/C21H24N2O6/c1-13(15-3-5-18-17(7-15)23-21(25)11-27-18)22-8-16(24)10-26-9-14-2-4-19-20(6-14)29-12-28-19/h2-7,13,16,22,24H,8-12H2,1H3,(H,23,25). The summed E-state index contributed by atoms with van der Waals surface area (Å²) in [5.41, 5.74) is 2.61. The van der Waals surface area contributed by atoms with Crippen LogP contribution in [0.15, 0.2) is 36.4 Å². The summed E-state index contributed by atoms with van der Waals surface area (Å²) >= 11 is 0. The maximum absolute atomic E-state index is 11.5. The van der Waals surface area contributed by atoms with Gasteiger partial charge in [-0.3, -0.25) is 4.79 Å². The van der Waals surface area contributed by atoms with Crippen molar-refractivity contribution in [3.8, 4) is 17.2 Å². The van der Waals surface area contributed by atoms with Gasteiger partial charge in [0.1, 0.15) is 5.75 Å². The minimum atomic E-state index is -0.646. The number of rotatable bonds is 8. The molecule has 2 unspecified atom stereocenters. The van der Waals surface area contributed by atoms with Crippen LogP contribution in [0.3, 0.4) is 0 Å². The molecule has 0 radical (unpaired) electrons. The van der Waals surface area contributed by atoms with Gasteiger partial charge in [-0.1, -0.05) is 12.1 Å². The topological polar surface area (TPSA) is 98.3 Å². The molecule has 2 aliphatic heterocycles. The highest BCUT2D eigenvalue weighted by Crippen LogP contribution is 2.33. The summed E-state index contributed by atoms with van der Waals surface area (Å²) in [6, 6.07) is 11.3. The van der Waals surface area contributed by atoms with Crippen molar-refractivity contribution in [1.29, 1.82) is 0 Å². The third-order valence-corrected chi connectivity index (χ3v) is 4.81. The van der Waals surface area contributed by atoms with Gasteiger partial charge in [0.05, 0.1) is 25.0 Å². The highest BCUT2D eigenvalue weighted by Gasteiger charge is 2.18. The van der Waals surface area contributed by atoms with Gasteiger partial charge in [0.15, 0.2) is 18.1 Å². The second-order valence-electron chi connectivity index (χ2n) is 7.08. The first-order valence-corrected chi connectivity index (χ1v) is 9.53. The molecule has 0 bridgehead atoms. The number of carbonyl (C=O) groups excluding carboxylic acids is 1. The van der Waals surface area contributed by atoms with Crippen molar-refractivity contribution < 1.29 is 28.8 Å². The largest absolute Gasteiger partial charge is 0.482 e. The van der Waals surface area contributed by atoms with Gasteiger partial charge in [-0.05, 0) is 42.3 Å². The summed E-state index contributed by atoms with van der Waals surface area (Å²) in [5.74, 6) is 1.96. The fourth-order valence-corrected chi connectivity index (χ4v) is 3.20. The minimum absolute atomic E-state index is 0.0114. The van der Waals surface area contributed by atoms with E-state index in [0.717, 1.165) is 16.9 Å². The molecule has 2 aromatic carbocycles. The molecule has 2 heterocycles. The average molecular weight is 400 g/mol. The summed E-state index contributed by atoms with van der Waals surface area (Å²) in [5, 5.41) is 16.3. The van der Waals surface area contributed by atoms with Crippen LogP contribution in [0.25, 0.3) is 0 Å². The van der Waals surface area contributed by atoms with E-state index >= 15 is 0 Å². The number of benzene rings is 2. The summed E-state index contributed by atoms with van der Waals surface area (Å²) < 4.78 is 21.6. The first-order chi connectivity index (χ1) is 14.1. The number of ether oxygens (including phenoxy) is 4. The van der Waals surface area contributed by atoms with Crippen LogP contribution in [0.1, 0.15) is 24.1 Å². The lowest BCUT2D eigenvalue weighted by Gasteiger charge is -2.21. The number of aliphatic hydroxyl groups is 1. The van der Waals surface area contributed by atoms with E-state index in [9.17, 15) is 9.90 Å². The molecule has 0 saturated heterocycles. The fraction of sp³-hybridized carbons (Fsp3) is 0.381. The lowest BCUT2D eigenvalue weighted by molar-refractivity contribution is -0.118. The van der Waals surface area contributed by atoms with Crippen molar-refractivity contribution in [2.45, 2.75) is 25.7 Å². The van der Waals surface area contributed by atoms with Crippen molar-refractivity contribution in [3.63, 3.8) is 0 Å². The van der Waals surface area contributed by atoms with Gasteiger partial charge in [0.2, 0.25) is 6.79 Å². The summed E-state index contributed by atoms with van der Waals surface area (Å²) in [6.07, 6.45) is -0.646. The Morgan fingerprint density at radius 1 is 1.14 bits per heavy atom. The first-order valence-electron chi connectivity index (χ1n) is 9.53. The number of nitrogens with one attached hydrogen (secondary N) is 2. The van der Waals surface area contributed by atoms with E-state index in [1.54, 1.807) is 0 Å². The van der Waals surface area contributed by atoms with E-state index in [0.29, 0.717) is 30.3 Å². The Balaban J connectivity index is 1.21. The molecule has 8 heteroatoms. The number of amides is 1. The van der Waals surface area contributed by atoms with Crippen LogP contribution in [0.5, 0.6) is 17.2 Å². The molecule has 29 heavy (non-hydrogen) atoms. The fourth-order valence-electron chi connectivity index (χ4n) is 3.20. The second kappa shape index (κ2) is 8.69. The summed E-state index contributed by atoms with van der Waals surface area (Å²) in [7, 11) is 0. The Hall–Kier alpha value is -2.81. The highest BCUT2D eigenvalue weighted by molar-refractivity contribution is 5.95. The molecule has 3 N–H and O–H groups in total. The zero-order valence-corrected chi connectivity index (χ0v) is 16.1. The zero-order valence-electron chi connectivity index (χ0n) is 16.1. The molecule has 0 fully saturated rings. The third kappa shape index (κ3) is 4.79. The molecule has 0 aliphatic carbocycles. The molecular weight excluding hydrogens is 376 g/mol. The Kier molecular flexibility index (Phi) is 5.84. The molecule has 0 spiro atoms. The smallest absolute Gasteiger partial charge is 0.262 e. The minimum Gasteiger partial charge on any atom is -0.482 e. The maximum Gasteiger partial charge on any atom is 0.262 e. The second-order valence-corrected chi connectivity index (χ2v) is 7.08. The number of fused-ring (bicyclic) bond motifs is 2. The number of hydrogen-bond donors (Lipinski definition) is 3. The van der Waals surface area contributed by atoms with Gasteiger partial charge in [0, 0.05) is 12.6 Å². The van der Waals surface area contributed by atoms with Crippen molar-refractivity contribution in [1.82, 2.24) is 5.32 Å². The van der Waals surface area contributed by atoms with Crippen molar-refractivity contribution in [3.05, 3.63) is 47.5 Å². The molecule has 1 amide bonds. The van der Waals surface area contributed by atoms with Crippen LogP contribution >= 0.6 is 0 Å². The monoisotopic (exact) mass is 400 g/mol. The van der Waals surface area contributed by atoms with E-state index in [2.05, 4.69) is 10.6 Å². The average Bonchev–Trinajstić information content (AvgIpc) is 3.19. The van der Waals surface area contributed by atoms with E-state index in [1.807, 2.05) is 43.3 Å². The van der Waals surface area contributed by atoms with Crippen molar-refractivity contribution >= 4 is 11.6 Å². The third-order valence-electron chi connectivity index (χ3n) is 4.81. The number of carbonyl (C=O) groups is 1. The normalized spacial score (nSPS) is 16.6. The van der Waals surface area contributed by atoms with E-state index in [-0.39, 0.29) is 32.0 Å². The lowest BCUT2D eigenvalue weighted by atomic mass is 10.1. The number of aliphatic hydroxyl groups excluding tert-OH is 1. The first kappa shape index (κ1) is 19.5. The Morgan fingerprint density at radius 3 is 2.86 bits per heavy atom. The Bertz CT molecular complexity index is 887. The molecule has 2 atom stereocenters. The molecular formula is C21H24N2O6. The molecule has 8 nitrogen and oxygen atoms in total. The van der Waals surface area contributed by atoms with Crippen LogP contribution in [0.2, 0.25) is 0 Å². The van der Waals surface area contributed by atoms with Gasteiger partial charge >= 0.3 is 0 Å². The van der Waals surface area contributed by atoms with Gasteiger partial charge in [-0.2, -0.15) is 0 Å². The highest BCUT2D eigenvalue weighted by atomic mass is 16.7. The van der Waals surface area contributed by atoms with E-state index < -0.39 is 6.10 Å². The van der Waals surface area contributed by atoms with Crippen molar-refractivity contribution in [2.75, 3.05) is 31.9 Å². The predicted octanol–water partition coefficient (Wildman–Crippen LogP) is 1.97. The van der Waals surface area contributed by atoms with Gasteiger partial charge in [0.25, 0.3) is 5.91 Å². The van der Waals surface area contributed by atoms with Crippen LogP contribution in [-0.4, -0.2) is 43.7 Å². The molecule has 154 valence electrons. The molecule has 2 aromatic rings. The zero-order chi connectivity index (χ0) is 20.2. The molecule has 4 rings (SSSR count). The quantitative estimate of drug-likeness (QED) is 0.623. The van der Waals surface area contributed by atoms with Crippen molar-refractivity contribution in [2.24, 2.45) is 0 Å². The summed E-state index contributed by atoms with van der Waals surface area (Å²) in [4.78, 5) is 11.5. The van der Waals surface area contributed by atoms with Crippen LogP contribution in [0, 0.1) is 0 Å². The maximum atomic E-state index is 11.5. The lowest BCUT2D eigenvalue weighted by Crippen LogP contribution is -2.32. The number of anilines is 1. The Labute approximate surface area is 168 Å². The Morgan fingerprint density at radius 2 is 1.97 bits per heavy atom. The SMILES string of the molecule is CC(NCC(O)COCc1ccc2c(c1)OCO2)c1ccc2c(c1)NC(=O)CO2. The van der Waals surface area contributed by atoms with Gasteiger partial charge in [-0.25, -0.2) is 0 Å². The number of hydrogen-bond acceptors (Lipinski definition) is 7. The van der Waals surface area contributed by atoms with Gasteiger partial charge in [-0.15, -0.1) is 0 Å². The van der Waals surface area contributed by atoms with E-state index in [1.165, 1.54) is 0 Å². The van der Waals surface area contributed by atoms with Crippen LogP contribution in [-0.2, 0) is 16.1 Å². The van der Waals surface area contributed by atoms with E-state index in [4.69, 9.17) is 18.9 Å².